The molecule has 0 aliphatic carbocycles. The van der Waals surface area contributed by atoms with E-state index in [9.17, 15) is 8.42 Å². The fourth-order valence-corrected chi connectivity index (χ4v) is 5.47. The van der Waals surface area contributed by atoms with E-state index in [1.54, 1.807) is 50.8 Å². The first-order chi connectivity index (χ1) is 14.0. The van der Waals surface area contributed by atoms with Gasteiger partial charge in [-0.2, -0.15) is 0 Å². The van der Waals surface area contributed by atoms with Crippen LogP contribution in [0.2, 0.25) is 0 Å². The van der Waals surface area contributed by atoms with Crippen LogP contribution in [0, 0.1) is 0 Å². The van der Waals surface area contributed by atoms with Crippen molar-refractivity contribution in [2.45, 2.75) is 4.90 Å². The molecule has 0 saturated carbocycles. The van der Waals surface area contributed by atoms with Gasteiger partial charge in [-0.1, -0.05) is 30.3 Å². The smallest absolute Gasteiger partial charge is 0.268 e. The number of fused-ring (bicyclic) bond motifs is 1. The third-order valence-corrected chi connectivity index (χ3v) is 7.12. The van der Waals surface area contributed by atoms with Gasteiger partial charge >= 0.3 is 0 Å². The first kappa shape index (κ1) is 19.5. The van der Waals surface area contributed by atoms with Crippen LogP contribution in [0.5, 0.6) is 11.5 Å². The van der Waals surface area contributed by atoms with E-state index in [1.165, 1.54) is 4.31 Å². The molecule has 0 bridgehead atoms. The van der Waals surface area contributed by atoms with Crippen molar-refractivity contribution >= 4 is 37.2 Å². The summed E-state index contributed by atoms with van der Waals surface area (Å²) >= 11 is 3.47. The van der Waals surface area contributed by atoms with Gasteiger partial charge in [0.05, 0.1) is 24.8 Å². The molecule has 0 radical (unpaired) electrons. The molecule has 4 rings (SSSR count). The van der Waals surface area contributed by atoms with Crippen LogP contribution < -0.4 is 13.8 Å². The van der Waals surface area contributed by atoms with Gasteiger partial charge in [0.2, 0.25) is 0 Å². The maximum atomic E-state index is 13.4. The maximum absolute atomic E-state index is 13.4. The summed E-state index contributed by atoms with van der Waals surface area (Å²) in [6.45, 7) is 0. The Morgan fingerprint density at radius 1 is 0.862 bits per heavy atom. The molecule has 1 heterocycles. The summed E-state index contributed by atoms with van der Waals surface area (Å²) in [5, 5.41) is 0. The first-order valence-electron chi connectivity index (χ1n) is 8.79. The van der Waals surface area contributed by atoms with E-state index >= 15 is 0 Å². The third-order valence-electron chi connectivity index (χ3n) is 4.71. The van der Waals surface area contributed by atoms with Crippen LogP contribution in [-0.4, -0.2) is 22.6 Å². The highest BCUT2D eigenvalue weighted by molar-refractivity contribution is 9.10. The number of hydrogen-bond acceptors (Lipinski definition) is 4. The Balaban J connectivity index is 2.01. The number of benzene rings is 3. The molecule has 5 nitrogen and oxygen atoms in total. The van der Waals surface area contributed by atoms with Crippen molar-refractivity contribution in [3.63, 3.8) is 0 Å². The number of para-hydroxylation sites is 1. The lowest BCUT2D eigenvalue weighted by atomic mass is 9.98. The Morgan fingerprint density at radius 3 is 2.14 bits per heavy atom. The average molecular weight is 472 g/mol. The molecule has 0 amide bonds. The molecular formula is C22H18BrNO4S. The number of anilines is 1. The highest BCUT2D eigenvalue weighted by Crippen LogP contribution is 2.41. The minimum Gasteiger partial charge on any atom is -0.497 e. The van der Waals surface area contributed by atoms with E-state index < -0.39 is 10.0 Å². The number of halogens is 1. The van der Waals surface area contributed by atoms with Crippen LogP contribution in [0.25, 0.3) is 5.57 Å². The van der Waals surface area contributed by atoms with Gasteiger partial charge in [-0.25, -0.2) is 12.7 Å². The second-order valence-electron chi connectivity index (χ2n) is 6.39. The van der Waals surface area contributed by atoms with E-state index in [1.807, 2.05) is 36.4 Å². The molecule has 0 fully saturated rings. The van der Waals surface area contributed by atoms with Crippen molar-refractivity contribution in [2.24, 2.45) is 0 Å². The van der Waals surface area contributed by atoms with Crippen molar-refractivity contribution in [1.82, 2.24) is 0 Å². The quantitative estimate of drug-likeness (QED) is 0.533. The van der Waals surface area contributed by atoms with Crippen LogP contribution in [0.4, 0.5) is 5.69 Å². The second kappa shape index (κ2) is 7.57. The molecule has 0 spiro atoms. The fourth-order valence-electron chi connectivity index (χ4n) is 3.30. The van der Waals surface area contributed by atoms with Gasteiger partial charge in [0.1, 0.15) is 11.5 Å². The van der Waals surface area contributed by atoms with Gasteiger partial charge < -0.3 is 9.47 Å². The van der Waals surface area contributed by atoms with Crippen LogP contribution in [0.1, 0.15) is 11.1 Å². The molecule has 7 heteroatoms. The monoisotopic (exact) mass is 471 g/mol. The molecule has 3 aromatic rings. The van der Waals surface area contributed by atoms with Gasteiger partial charge in [0, 0.05) is 27.9 Å². The lowest BCUT2D eigenvalue weighted by Gasteiger charge is -2.29. The predicted octanol–water partition coefficient (Wildman–Crippen LogP) is 5.06. The van der Waals surface area contributed by atoms with Gasteiger partial charge in [0.25, 0.3) is 10.0 Å². The van der Waals surface area contributed by atoms with Crippen LogP contribution in [0.3, 0.4) is 0 Å². The summed E-state index contributed by atoms with van der Waals surface area (Å²) < 4.78 is 39.6. The van der Waals surface area contributed by atoms with Crippen molar-refractivity contribution in [2.75, 3.05) is 18.5 Å². The lowest BCUT2D eigenvalue weighted by Crippen LogP contribution is -2.30. The fraction of sp³-hybridized carbons (Fsp3) is 0.0909. The zero-order valence-electron chi connectivity index (χ0n) is 15.8. The van der Waals surface area contributed by atoms with Crippen molar-refractivity contribution in [3.05, 3.63) is 88.5 Å². The number of nitrogens with zero attached hydrogens (tertiary/aromatic N) is 1. The van der Waals surface area contributed by atoms with E-state index in [0.29, 0.717) is 27.2 Å². The molecule has 0 unspecified atom stereocenters. The Kier molecular flexibility index (Phi) is 5.10. The van der Waals surface area contributed by atoms with Gasteiger partial charge in [-0.3, -0.25) is 0 Å². The number of ether oxygens (including phenoxy) is 2. The summed E-state index contributed by atoms with van der Waals surface area (Å²) in [5.74, 6) is 1.25. The van der Waals surface area contributed by atoms with Gasteiger partial charge in [0.15, 0.2) is 0 Å². The highest BCUT2D eigenvalue weighted by Gasteiger charge is 2.33. The third kappa shape index (κ3) is 3.41. The first-order valence-corrected chi connectivity index (χ1v) is 11.0. The van der Waals surface area contributed by atoms with Crippen molar-refractivity contribution in [1.29, 1.82) is 0 Å². The predicted molar refractivity (Wildman–Crippen MR) is 117 cm³/mol. The summed E-state index contributed by atoms with van der Waals surface area (Å²) in [5.41, 5.74) is 2.71. The van der Waals surface area contributed by atoms with Gasteiger partial charge in [-0.15, -0.1) is 0 Å². The molecule has 3 aromatic carbocycles. The van der Waals surface area contributed by atoms with Crippen molar-refractivity contribution in [3.8, 4) is 11.5 Å². The topological polar surface area (TPSA) is 55.8 Å². The van der Waals surface area contributed by atoms with Crippen molar-refractivity contribution < 1.29 is 17.9 Å². The second-order valence-corrected chi connectivity index (χ2v) is 9.03. The molecule has 0 aromatic heterocycles. The Bertz CT molecular complexity index is 1200. The van der Waals surface area contributed by atoms with Gasteiger partial charge in [-0.05, 0) is 51.8 Å². The molecule has 0 atom stereocenters. The maximum Gasteiger partial charge on any atom is 0.268 e. The Morgan fingerprint density at radius 2 is 1.48 bits per heavy atom. The Hall–Kier alpha value is -2.77. The van der Waals surface area contributed by atoms with Crippen LogP contribution in [-0.2, 0) is 10.0 Å². The lowest BCUT2D eigenvalue weighted by molar-refractivity contribution is 0.394. The number of sulfonamides is 1. The Labute approximate surface area is 178 Å². The normalized spacial score (nSPS) is 14.7. The molecule has 148 valence electrons. The molecule has 0 saturated heterocycles. The van der Waals surface area contributed by atoms with E-state index in [4.69, 9.17) is 9.47 Å². The zero-order valence-corrected chi connectivity index (χ0v) is 18.2. The summed E-state index contributed by atoms with van der Waals surface area (Å²) in [7, 11) is -0.600. The summed E-state index contributed by atoms with van der Waals surface area (Å²) in [4.78, 5) is 0.245. The number of rotatable bonds is 4. The molecule has 1 aliphatic heterocycles. The minimum atomic E-state index is -3.77. The largest absolute Gasteiger partial charge is 0.497 e. The summed E-state index contributed by atoms with van der Waals surface area (Å²) in [6.07, 6.45) is 1.64. The SMILES string of the molecule is COc1cc(OC)cc(C2=CN(c3ccccc3Br)S(=O)(=O)c3ccccc32)c1. The zero-order chi connectivity index (χ0) is 20.6. The van der Waals surface area contributed by atoms with E-state index in [0.717, 1.165) is 11.1 Å². The molecule has 0 N–H and O–H groups in total. The minimum absolute atomic E-state index is 0.245. The molecular weight excluding hydrogens is 454 g/mol. The highest BCUT2D eigenvalue weighted by atomic mass is 79.9. The standard InChI is InChI=1S/C22H18BrNO4S/c1-27-16-11-15(12-17(13-16)28-2)19-14-24(21-9-5-4-8-20(21)23)29(25,26)22-10-6-3-7-18(19)22/h3-14H,1-2H3. The number of methoxy groups -OCH3 is 2. The number of hydrogen-bond donors (Lipinski definition) is 0. The van der Waals surface area contributed by atoms with Crippen LogP contribution >= 0.6 is 15.9 Å². The summed E-state index contributed by atoms with van der Waals surface area (Å²) in [6, 6.07) is 19.7. The van der Waals surface area contributed by atoms with E-state index in [-0.39, 0.29) is 4.90 Å². The molecule has 1 aliphatic rings. The average Bonchev–Trinajstić information content (AvgIpc) is 2.74. The van der Waals surface area contributed by atoms with E-state index in [2.05, 4.69) is 15.9 Å². The van der Waals surface area contributed by atoms with Crippen LogP contribution in [0.15, 0.2) is 82.3 Å². The molecule has 29 heavy (non-hydrogen) atoms.